The third-order valence-corrected chi connectivity index (χ3v) is 3.55. The van der Waals surface area contributed by atoms with E-state index in [0.29, 0.717) is 6.54 Å². The van der Waals surface area contributed by atoms with Gasteiger partial charge in [-0.3, -0.25) is 14.7 Å². The van der Waals surface area contributed by atoms with Gasteiger partial charge in [-0.15, -0.1) is 11.3 Å². The zero-order chi connectivity index (χ0) is 12.1. The lowest BCUT2D eigenvalue weighted by Crippen LogP contribution is -2.49. The summed E-state index contributed by atoms with van der Waals surface area (Å²) in [6, 6.07) is 0. The average molecular weight is 254 g/mol. The van der Waals surface area contributed by atoms with Crippen LogP contribution >= 0.6 is 11.3 Å². The van der Waals surface area contributed by atoms with Crippen LogP contribution in [0.1, 0.15) is 4.88 Å². The Bertz CT molecular complexity index is 348. The van der Waals surface area contributed by atoms with Crippen LogP contribution < -0.4 is 5.32 Å². The van der Waals surface area contributed by atoms with Gasteiger partial charge in [0.2, 0.25) is 5.91 Å². The van der Waals surface area contributed by atoms with Gasteiger partial charge in [0, 0.05) is 43.8 Å². The average Bonchev–Trinajstić information content (AvgIpc) is 2.82. The van der Waals surface area contributed by atoms with Gasteiger partial charge >= 0.3 is 0 Å². The van der Waals surface area contributed by atoms with E-state index >= 15 is 0 Å². The first-order valence-corrected chi connectivity index (χ1v) is 6.68. The van der Waals surface area contributed by atoms with Crippen molar-refractivity contribution >= 4 is 17.2 Å². The molecule has 1 aliphatic heterocycles. The van der Waals surface area contributed by atoms with Crippen molar-refractivity contribution in [2.24, 2.45) is 0 Å². The van der Waals surface area contributed by atoms with Crippen molar-refractivity contribution in [3.63, 3.8) is 0 Å². The van der Waals surface area contributed by atoms with E-state index in [2.05, 4.69) is 10.3 Å². The number of hydrogen-bond donors (Lipinski definition) is 1. The molecule has 6 heteroatoms. The maximum Gasteiger partial charge on any atom is 0.236 e. The van der Waals surface area contributed by atoms with Crippen LogP contribution in [0.5, 0.6) is 0 Å². The van der Waals surface area contributed by atoms with Gasteiger partial charge in [-0.1, -0.05) is 0 Å². The minimum absolute atomic E-state index is 0.221. The zero-order valence-electron chi connectivity index (χ0n) is 10.1. The number of carbonyl (C=O) groups excluding carboxylic acids is 1. The van der Waals surface area contributed by atoms with Crippen LogP contribution in [-0.2, 0) is 11.3 Å². The minimum atomic E-state index is 0.221. The van der Waals surface area contributed by atoms with E-state index in [9.17, 15) is 4.79 Å². The summed E-state index contributed by atoms with van der Waals surface area (Å²) in [7, 11) is 1.97. The molecule has 0 radical (unpaired) electrons. The van der Waals surface area contributed by atoms with Gasteiger partial charge in [0.1, 0.15) is 0 Å². The van der Waals surface area contributed by atoms with Crippen LogP contribution in [0.15, 0.2) is 11.7 Å². The lowest BCUT2D eigenvalue weighted by atomic mass is 10.3. The standard InChI is InChI=1S/C11H18N4OS/c1-14(7-10-6-13-9-17-10)8-11(16)15-4-2-12-3-5-15/h6,9,12H,2-5,7-8H2,1H3. The molecule has 1 amide bonds. The van der Waals surface area contributed by atoms with Crippen LogP contribution in [0.4, 0.5) is 0 Å². The van der Waals surface area contributed by atoms with Crippen molar-refractivity contribution in [3.8, 4) is 0 Å². The Morgan fingerprint density at radius 1 is 1.59 bits per heavy atom. The van der Waals surface area contributed by atoms with Gasteiger partial charge in [-0.25, -0.2) is 0 Å². The number of hydrogen-bond acceptors (Lipinski definition) is 5. The van der Waals surface area contributed by atoms with Gasteiger partial charge < -0.3 is 10.2 Å². The molecular weight excluding hydrogens is 236 g/mol. The number of likely N-dealkylation sites (N-methyl/N-ethyl adjacent to an activating group) is 1. The van der Waals surface area contributed by atoms with Crippen LogP contribution in [0.2, 0.25) is 0 Å². The molecule has 17 heavy (non-hydrogen) atoms. The lowest BCUT2D eigenvalue weighted by Gasteiger charge is -2.29. The highest BCUT2D eigenvalue weighted by Gasteiger charge is 2.17. The van der Waals surface area contributed by atoms with Crippen LogP contribution in [0.3, 0.4) is 0 Å². The van der Waals surface area contributed by atoms with Gasteiger partial charge in [0.25, 0.3) is 0 Å². The van der Waals surface area contributed by atoms with Crippen molar-refractivity contribution in [2.75, 3.05) is 39.8 Å². The van der Waals surface area contributed by atoms with E-state index in [0.717, 1.165) is 32.7 Å². The summed E-state index contributed by atoms with van der Waals surface area (Å²) in [5.41, 5.74) is 1.82. The molecular formula is C11H18N4OS. The number of nitrogens with one attached hydrogen (secondary N) is 1. The van der Waals surface area contributed by atoms with Gasteiger partial charge in [-0.2, -0.15) is 0 Å². The van der Waals surface area contributed by atoms with Crippen LogP contribution in [0.25, 0.3) is 0 Å². The molecule has 0 unspecified atom stereocenters. The lowest BCUT2D eigenvalue weighted by molar-refractivity contribution is -0.132. The van der Waals surface area contributed by atoms with E-state index < -0.39 is 0 Å². The monoisotopic (exact) mass is 254 g/mol. The number of thiazole rings is 1. The summed E-state index contributed by atoms with van der Waals surface area (Å²) in [4.78, 5) is 21.2. The third-order valence-electron chi connectivity index (χ3n) is 2.78. The van der Waals surface area contributed by atoms with E-state index in [1.807, 2.05) is 28.6 Å². The SMILES string of the molecule is CN(CC(=O)N1CCNCC1)Cc1cncs1. The molecule has 0 bridgehead atoms. The summed E-state index contributed by atoms with van der Waals surface area (Å²) in [6.07, 6.45) is 1.86. The summed E-state index contributed by atoms with van der Waals surface area (Å²) in [5.74, 6) is 0.221. The molecule has 1 aliphatic rings. The largest absolute Gasteiger partial charge is 0.339 e. The Morgan fingerprint density at radius 2 is 2.35 bits per heavy atom. The van der Waals surface area contributed by atoms with Crippen molar-refractivity contribution < 1.29 is 4.79 Å². The maximum absolute atomic E-state index is 12.0. The highest BCUT2D eigenvalue weighted by molar-refractivity contribution is 7.09. The summed E-state index contributed by atoms with van der Waals surface area (Å²) < 4.78 is 0. The highest BCUT2D eigenvalue weighted by Crippen LogP contribution is 2.08. The Morgan fingerprint density at radius 3 is 3.00 bits per heavy atom. The molecule has 2 heterocycles. The van der Waals surface area contributed by atoms with Crippen molar-refractivity contribution in [3.05, 3.63) is 16.6 Å². The molecule has 1 aromatic rings. The van der Waals surface area contributed by atoms with Crippen molar-refractivity contribution in [1.82, 2.24) is 20.1 Å². The molecule has 0 spiro atoms. The van der Waals surface area contributed by atoms with Crippen LogP contribution in [0, 0.1) is 0 Å². The molecule has 1 saturated heterocycles. The molecule has 0 aromatic carbocycles. The first kappa shape index (κ1) is 12.5. The first-order chi connectivity index (χ1) is 8.25. The Hall–Kier alpha value is -0.980. The van der Waals surface area contributed by atoms with E-state index in [1.165, 1.54) is 4.88 Å². The fraction of sp³-hybridized carbons (Fsp3) is 0.636. The van der Waals surface area contributed by atoms with Gasteiger partial charge in [0.05, 0.1) is 12.1 Å². The van der Waals surface area contributed by atoms with E-state index in [-0.39, 0.29) is 5.91 Å². The second kappa shape index (κ2) is 6.09. The third kappa shape index (κ3) is 3.76. The fourth-order valence-corrected chi connectivity index (χ4v) is 2.56. The molecule has 0 aliphatic carbocycles. The predicted octanol–water partition coefficient (Wildman–Crippen LogP) is 0.00670. The fourth-order valence-electron chi connectivity index (χ4n) is 1.89. The molecule has 2 rings (SSSR count). The molecule has 0 atom stereocenters. The molecule has 1 aromatic heterocycles. The smallest absolute Gasteiger partial charge is 0.236 e. The second-order valence-corrected chi connectivity index (χ2v) is 5.24. The van der Waals surface area contributed by atoms with Gasteiger partial charge in [0.15, 0.2) is 0 Å². The highest BCUT2D eigenvalue weighted by atomic mass is 32.1. The summed E-state index contributed by atoms with van der Waals surface area (Å²) >= 11 is 1.63. The van der Waals surface area contributed by atoms with E-state index in [4.69, 9.17) is 0 Å². The Kier molecular flexibility index (Phi) is 4.47. The summed E-state index contributed by atoms with van der Waals surface area (Å²) in [6.45, 7) is 4.75. The van der Waals surface area contributed by atoms with Crippen LogP contribution in [-0.4, -0.2) is 60.5 Å². The molecule has 94 valence electrons. The van der Waals surface area contributed by atoms with Crippen molar-refractivity contribution in [2.45, 2.75) is 6.54 Å². The van der Waals surface area contributed by atoms with Crippen molar-refractivity contribution in [1.29, 1.82) is 0 Å². The first-order valence-electron chi connectivity index (χ1n) is 5.80. The second-order valence-electron chi connectivity index (χ2n) is 4.27. The molecule has 1 fully saturated rings. The predicted molar refractivity (Wildman–Crippen MR) is 67.9 cm³/mol. The minimum Gasteiger partial charge on any atom is -0.339 e. The molecule has 0 saturated carbocycles. The Labute approximate surface area is 105 Å². The normalized spacial score (nSPS) is 16.5. The number of piperazine rings is 1. The van der Waals surface area contributed by atoms with E-state index in [1.54, 1.807) is 11.3 Å². The number of amides is 1. The maximum atomic E-state index is 12.0. The molecule has 1 N–H and O–H groups in total. The quantitative estimate of drug-likeness (QED) is 0.822. The van der Waals surface area contributed by atoms with Gasteiger partial charge in [-0.05, 0) is 7.05 Å². The molecule has 5 nitrogen and oxygen atoms in total. The number of aromatic nitrogens is 1. The summed E-state index contributed by atoms with van der Waals surface area (Å²) in [5, 5.41) is 3.25. The topological polar surface area (TPSA) is 48.5 Å². The zero-order valence-corrected chi connectivity index (χ0v) is 10.9. The Balaban J connectivity index is 1.77. The number of nitrogens with zero attached hydrogens (tertiary/aromatic N) is 3. The number of rotatable bonds is 4. The number of carbonyl (C=O) groups is 1.